The summed E-state index contributed by atoms with van der Waals surface area (Å²) < 4.78 is 5.33. The quantitative estimate of drug-likeness (QED) is 0.548. The van der Waals surface area contributed by atoms with Crippen LogP contribution in [0.3, 0.4) is 0 Å². The van der Waals surface area contributed by atoms with E-state index in [4.69, 9.17) is 16.3 Å². The third-order valence-corrected chi connectivity index (χ3v) is 4.85. The SMILES string of the molecule is O=C(Oc1ccccc1O)c1c(Cl)ccc2cc(N3CCCC3)cnc12. The Morgan fingerprint density at radius 2 is 1.92 bits per heavy atom. The second-order valence-electron chi connectivity index (χ2n) is 6.24. The van der Waals surface area contributed by atoms with Crippen molar-refractivity contribution in [3.8, 4) is 11.5 Å². The molecule has 4 rings (SSSR count). The maximum absolute atomic E-state index is 12.7. The number of fused-ring (bicyclic) bond motifs is 1. The monoisotopic (exact) mass is 368 g/mol. The van der Waals surface area contributed by atoms with E-state index in [1.165, 1.54) is 25.0 Å². The van der Waals surface area contributed by atoms with E-state index in [0.29, 0.717) is 5.52 Å². The fourth-order valence-electron chi connectivity index (χ4n) is 3.20. The predicted molar refractivity (Wildman–Crippen MR) is 101 cm³/mol. The molecule has 1 fully saturated rings. The Morgan fingerprint density at radius 1 is 1.15 bits per heavy atom. The number of halogens is 1. The maximum atomic E-state index is 12.7. The highest BCUT2D eigenvalue weighted by molar-refractivity contribution is 6.35. The molecule has 0 spiro atoms. The minimum Gasteiger partial charge on any atom is -0.504 e. The molecule has 26 heavy (non-hydrogen) atoms. The Balaban J connectivity index is 1.72. The van der Waals surface area contributed by atoms with Crippen LogP contribution in [-0.2, 0) is 0 Å². The average Bonchev–Trinajstić information content (AvgIpc) is 3.18. The third-order valence-electron chi connectivity index (χ3n) is 4.53. The first-order chi connectivity index (χ1) is 12.6. The fourth-order valence-corrected chi connectivity index (χ4v) is 3.43. The number of nitrogens with zero attached hydrogens (tertiary/aromatic N) is 2. The van der Waals surface area contributed by atoms with E-state index in [-0.39, 0.29) is 22.1 Å². The van der Waals surface area contributed by atoms with E-state index < -0.39 is 5.97 Å². The van der Waals surface area contributed by atoms with Crippen molar-refractivity contribution in [3.05, 3.63) is 59.2 Å². The molecule has 0 aliphatic carbocycles. The Labute approximate surface area is 155 Å². The first-order valence-electron chi connectivity index (χ1n) is 8.47. The van der Waals surface area contributed by atoms with Gasteiger partial charge in [0.25, 0.3) is 0 Å². The van der Waals surface area contributed by atoms with Gasteiger partial charge < -0.3 is 14.7 Å². The molecule has 5 nitrogen and oxygen atoms in total. The number of aromatic hydroxyl groups is 1. The summed E-state index contributed by atoms with van der Waals surface area (Å²) in [4.78, 5) is 19.4. The summed E-state index contributed by atoms with van der Waals surface area (Å²) in [6.07, 6.45) is 4.12. The van der Waals surface area contributed by atoms with Crippen LogP contribution in [0.25, 0.3) is 10.9 Å². The summed E-state index contributed by atoms with van der Waals surface area (Å²) in [5.74, 6) is -0.677. The number of ether oxygens (including phenoxy) is 1. The van der Waals surface area contributed by atoms with E-state index in [2.05, 4.69) is 9.88 Å². The summed E-state index contributed by atoms with van der Waals surface area (Å²) in [7, 11) is 0. The molecule has 0 bridgehead atoms. The van der Waals surface area contributed by atoms with E-state index >= 15 is 0 Å². The average molecular weight is 369 g/mol. The third kappa shape index (κ3) is 3.06. The Bertz CT molecular complexity index is 984. The summed E-state index contributed by atoms with van der Waals surface area (Å²) in [6, 6.07) is 11.8. The smallest absolute Gasteiger partial charge is 0.347 e. The number of hydrogen-bond donors (Lipinski definition) is 1. The van der Waals surface area contributed by atoms with Crippen molar-refractivity contribution >= 4 is 34.2 Å². The van der Waals surface area contributed by atoms with Crippen molar-refractivity contribution in [2.45, 2.75) is 12.8 Å². The van der Waals surface area contributed by atoms with Crippen LogP contribution in [0.2, 0.25) is 5.02 Å². The first-order valence-corrected chi connectivity index (χ1v) is 8.84. The van der Waals surface area contributed by atoms with Gasteiger partial charge in [0.2, 0.25) is 0 Å². The van der Waals surface area contributed by atoms with Crippen LogP contribution in [0.4, 0.5) is 5.69 Å². The first kappa shape index (κ1) is 16.7. The van der Waals surface area contributed by atoms with Gasteiger partial charge in [-0.3, -0.25) is 4.98 Å². The highest BCUT2D eigenvalue weighted by Gasteiger charge is 2.20. The van der Waals surface area contributed by atoms with Gasteiger partial charge in [-0.15, -0.1) is 0 Å². The number of phenols is 1. The Hall–Kier alpha value is -2.79. The van der Waals surface area contributed by atoms with Crippen LogP contribution in [0.15, 0.2) is 48.7 Å². The highest BCUT2D eigenvalue weighted by Crippen LogP contribution is 2.31. The minimum atomic E-state index is -0.650. The molecule has 3 aromatic rings. The number of carbonyl (C=O) groups is 1. The number of anilines is 1. The van der Waals surface area contributed by atoms with Crippen molar-refractivity contribution < 1.29 is 14.6 Å². The lowest BCUT2D eigenvalue weighted by Gasteiger charge is -2.18. The number of para-hydroxylation sites is 2. The van der Waals surface area contributed by atoms with Crippen molar-refractivity contribution in [3.63, 3.8) is 0 Å². The summed E-state index contributed by atoms with van der Waals surface area (Å²) in [5.41, 5.74) is 1.72. The zero-order valence-electron chi connectivity index (χ0n) is 14.0. The number of esters is 1. The number of aromatic nitrogens is 1. The number of pyridine rings is 1. The van der Waals surface area contributed by atoms with Crippen LogP contribution in [0, 0.1) is 0 Å². The van der Waals surface area contributed by atoms with Gasteiger partial charge in [-0.25, -0.2) is 4.79 Å². The molecule has 1 aliphatic rings. The molecule has 132 valence electrons. The highest BCUT2D eigenvalue weighted by atomic mass is 35.5. The molecule has 0 saturated carbocycles. The number of rotatable bonds is 3. The van der Waals surface area contributed by atoms with Crippen LogP contribution >= 0.6 is 11.6 Å². The molecule has 0 amide bonds. The van der Waals surface area contributed by atoms with Gasteiger partial charge in [0.15, 0.2) is 11.5 Å². The largest absolute Gasteiger partial charge is 0.504 e. The molecule has 0 radical (unpaired) electrons. The Morgan fingerprint density at radius 3 is 2.69 bits per heavy atom. The molecule has 1 saturated heterocycles. The number of benzene rings is 2. The summed E-state index contributed by atoms with van der Waals surface area (Å²) >= 11 is 6.26. The summed E-state index contributed by atoms with van der Waals surface area (Å²) in [6.45, 7) is 2.03. The molecule has 1 aliphatic heterocycles. The number of hydrogen-bond acceptors (Lipinski definition) is 5. The molecular formula is C20H17ClN2O3. The minimum absolute atomic E-state index is 0.0826. The predicted octanol–water partition coefficient (Wildman–Crippen LogP) is 4.41. The fraction of sp³-hybridized carbons (Fsp3) is 0.200. The molecule has 0 unspecified atom stereocenters. The summed E-state index contributed by atoms with van der Waals surface area (Å²) in [5, 5.41) is 10.9. The number of phenolic OH excluding ortho intramolecular Hbond substituents is 1. The van der Waals surface area contributed by atoms with Gasteiger partial charge in [-0.05, 0) is 37.1 Å². The van der Waals surface area contributed by atoms with Crippen molar-refractivity contribution in [1.29, 1.82) is 0 Å². The van der Waals surface area contributed by atoms with Gasteiger partial charge in [-0.2, -0.15) is 0 Å². The maximum Gasteiger partial charge on any atom is 0.347 e. The van der Waals surface area contributed by atoms with Crippen LogP contribution in [0.1, 0.15) is 23.2 Å². The van der Waals surface area contributed by atoms with Gasteiger partial charge >= 0.3 is 5.97 Å². The van der Waals surface area contributed by atoms with Crippen molar-refractivity contribution in [2.75, 3.05) is 18.0 Å². The van der Waals surface area contributed by atoms with Gasteiger partial charge in [0.05, 0.1) is 22.4 Å². The standard InChI is InChI=1S/C20H17ClN2O3/c21-15-8-7-13-11-14(23-9-3-4-10-23)12-22-19(13)18(15)20(25)26-17-6-2-1-5-16(17)24/h1-2,5-8,11-12,24H,3-4,9-10H2. The zero-order chi connectivity index (χ0) is 18.1. The van der Waals surface area contributed by atoms with E-state index in [9.17, 15) is 9.90 Å². The van der Waals surface area contributed by atoms with E-state index in [1.807, 2.05) is 12.1 Å². The number of carbonyl (C=O) groups excluding carboxylic acids is 1. The molecular weight excluding hydrogens is 352 g/mol. The van der Waals surface area contributed by atoms with Crippen LogP contribution in [0.5, 0.6) is 11.5 Å². The Kier molecular flexibility index (Phi) is 4.39. The molecule has 2 heterocycles. The van der Waals surface area contributed by atoms with E-state index in [1.54, 1.807) is 24.4 Å². The zero-order valence-corrected chi connectivity index (χ0v) is 14.7. The van der Waals surface area contributed by atoms with Crippen molar-refractivity contribution in [1.82, 2.24) is 4.98 Å². The lowest BCUT2D eigenvalue weighted by Crippen LogP contribution is -2.18. The van der Waals surface area contributed by atoms with Crippen molar-refractivity contribution in [2.24, 2.45) is 0 Å². The van der Waals surface area contributed by atoms with Crippen LogP contribution in [-0.4, -0.2) is 29.1 Å². The van der Waals surface area contributed by atoms with Gasteiger partial charge in [0.1, 0.15) is 5.56 Å². The molecule has 1 aromatic heterocycles. The molecule has 0 atom stereocenters. The van der Waals surface area contributed by atoms with Crippen LogP contribution < -0.4 is 9.64 Å². The van der Waals surface area contributed by atoms with E-state index in [0.717, 1.165) is 24.2 Å². The molecule has 2 aromatic carbocycles. The second-order valence-corrected chi connectivity index (χ2v) is 6.65. The molecule has 1 N–H and O–H groups in total. The lowest BCUT2D eigenvalue weighted by molar-refractivity contribution is 0.0731. The van der Waals surface area contributed by atoms with Gasteiger partial charge in [-0.1, -0.05) is 29.8 Å². The molecule has 6 heteroatoms. The second kappa shape index (κ2) is 6.84. The topological polar surface area (TPSA) is 62.7 Å². The van der Waals surface area contributed by atoms with Gasteiger partial charge in [0, 0.05) is 18.5 Å². The normalized spacial score (nSPS) is 14.0. The lowest BCUT2D eigenvalue weighted by atomic mass is 10.1.